The van der Waals surface area contributed by atoms with Gasteiger partial charge in [0.1, 0.15) is 24.4 Å². The number of amides is 1. The van der Waals surface area contributed by atoms with Gasteiger partial charge in [-0.2, -0.15) is 0 Å². The summed E-state index contributed by atoms with van der Waals surface area (Å²) in [6.07, 6.45) is 3.57. The molecule has 3 aliphatic heterocycles. The molecule has 0 radical (unpaired) electrons. The molecule has 1 aliphatic carbocycles. The molecule has 2 N–H and O–H groups in total. The summed E-state index contributed by atoms with van der Waals surface area (Å²) in [6.45, 7) is 4.24. The number of aromatic nitrogens is 4. The highest BCUT2D eigenvalue weighted by atomic mass is 16.4. The van der Waals surface area contributed by atoms with E-state index >= 15 is 0 Å². The number of nitrogens with one attached hydrogen (secondary N) is 1. The Balaban J connectivity index is 1.18. The lowest BCUT2D eigenvalue weighted by Crippen LogP contribution is -2.40. The Labute approximate surface area is 269 Å². The summed E-state index contributed by atoms with van der Waals surface area (Å²) in [4.78, 5) is 28.4. The van der Waals surface area contributed by atoms with E-state index in [1.165, 1.54) is 12.4 Å². The first-order valence-electron chi connectivity index (χ1n) is 15.6. The van der Waals surface area contributed by atoms with Gasteiger partial charge >= 0.3 is 5.97 Å². The van der Waals surface area contributed by atoms with Crippen molar-refractivity contribution >= 4 is 28.5 Å². The van der Waals surface area contributed by atoms with Gasteiger partial charge in [-0.05, 0) is 53.9 Å². The Bertz CT molecular complexity index is 2200. The lowest BCUT2D eigenvalue weighted by Gasteiger charge is -2.33. The third-order valence-electron chi connectivity index (χ3n) is 8.99. The molecule has 11 nitrogen and oxygen atoms in total. The van der Waals surface area contributed by atoms with E-state index in [4.69, 9.17) is 4.42 Å². The van der Waals surface area contributed by atoms with E-state index in [9.17, 15) is 14.7 Å². The van der Waals surface area contributed by atoms with E-state index in [2.05, 4.69) is 47.3 Å². The number of carbonyl (C=O) groups excluding carboxylic acids is 1. The van der Waals surface area contributed by atoms with Crippen molar-refractivity contribution in [1.29, 1.82) is 0 Å². The van der Waals surface area contributed by atoms with E-state index in [1.54, 1.807) is 12.1 Å². The summed E-state index contributed by atoms with van der Waals surface area (Å²) < 4.78 is 8.83. The standard InChI is InChI=1S/C36H29N7O4/c44-35(37-20-22-3-5-23(6-4-22)34-40-38-21-39-41-34)24-7-10-27(36(45)46)30(17-24)33-28-11-8-25(42-13-1-14-42)18-31(28)47-32-19-26(9-12-29(32)33)43-15-2-16-43/h3-12,17-19,21H,1-2,13-16,20H2,(H-,37,44,45,46)/p+1. The number of anilines is 1. The quantitative estimate of drug-likeness (QED) is 0.195. The van der Waals surface area contributed by atoms with Crippen LogP contribution in [0.5, 0.6) is 0 Å². The highest BCUT2D eigenvalue weighted by molar-refractivity contribution is 6.09. The molecular formula is C36H30N7O4+. The van der Waals surface area contributed by atoms with Crippen molar-refractivity contribution < 1.29 is 19.1 Å². The maximum absolute atomic E-state index is 13.5. The molecule has 0 saturated carbocycles. The minimum absolute atomic E-state index is 0.108. The predicted octanol–water partition coefficient (Wildman–Crippen LogP) is 4.47. The van der Waals surface area contributed by atoms with Gasteiger partial charge in [0, 0.05) is 65.1 Å². The van der Waals surface area contributed by atoms with Crippen LogP contribution in [0.25, 0.3) is 44.8 Å². The molecule has 3 aromatic carbocycles. The minimum Gasteiger partial charge on any atom is -0.478 e. The van der Waals surface area contributed by atoms with Crippen molar-refractivity contribution in [2.45, 2.75) is 19.4 Å². The summed E-state index contributed by atoms with van der Waals surface area (Å²) in [5.41, 5.74) is 5.80. The van der Waals surface area contributed by atoms with Gasteiger partial charge in [0.15, 0.2) is 6.33 Å². The van der Waals surface area contributed by atoms with Gasteiger partial charge in [0.25, 0.3) is 5.91 Å². The molecule has 0 atom stereocenters. The molecule has 4 heterocycles. The van der Waals surface area contributed by atoms with Crippen LogP contribution in [0.1, 0.15) is 39.1 Å². The summed E-state index contributed by atoms with van der Waals surface area (Å²) in [5, 5.41) is 30.6. The highest BCUT2D eigenvalue weighted by Crippen LogP contribution is 2.42. The van der Waals surface area contributed by atoms with Gasteiger partial charge in [0.2, 0.25) is 11.2 Å². The Morgan fingerprint density at radius 1 is 0.872 bits per heavy atom. The first-order valence-corrected chi connectivity index (χ1v) is 15.6. The van der Waals surface area contributed by atoms with Crippen LogP contribution >= 0.6 is 0 Å². The molecule has 0 unspecified atom stereocenters. The van der Waals surface area contributed by atoms with Crippen LogP contribution in [0.3, 0.4) is 0 Å². The third-order valence-corrected chi connectivity index (χ3v) is 8.99. The van der Waals surface area contributed by atoms with E-state index in [-0.39, 0.29) is 18.0 Å². The predicted molar refractivity (Wildman–Crippen MR) is 176 cm³/mol. The average Bonchev–Trinajstić information content (AvgIpc) is 3.05. The lowest BCUT2D eigenvalue weighted by molar-refractivity contribution is 0.0697. The largest absolute Gasteiger partial charge is 0.478 e. The van der Waals surface area contributed by atoms with Crippen molar-refractivity contribution in [3.63, 3.8) is 0 Å². The molecule has 4 aliphatic rings. The number of hydrogen-bond acceptors (Lipinski definition) is 8. The van der Waals surface area contributed by atoms with E-state index < -0.39 is 5.97 Å². The number of hydrogen-bond donors (Lipinski definition) is 2. The first kappa shape index (κ1) is 28.5. The van der Waals surface area contributed by atoms with E-state index in [0.29, 0.717) is 28.3 Å². The van der Waals surface area contributed by atoms with Crippen LogP contribution in [-0.2, 0) is 6.54 Å². The summed E-state index contributed by atoms with van der Waals surface area (Å²) in [7, 11) is 0. The molecular weight excluding hydrogens is 594 g/mol. The number of carboxylic acid groups (broad SMARTS) is 1. The number of carbonyl (C=O) groups is 2. The molecule has 47 heavy (non-hydrogen) atoms. The van der Waals surface area contributed by atoms with Gasteiger partial charge in [-0.15, -0.1) is 20.4 Å². The highest BCUT2D eigenvalue weighted by Gasteiger charge is 2.26. The van der Waals surface area contributed by atoms with Crippen molar-refractivity contribution in [2.24, 2.45) is 0 Å². The lowest BCUT2D eigenvalue weighted by atomic mass is 9.89. The molecule has 0 spiro atoms. The average molecular weight is 625 g/mol. The van der Waals surface area contributed by atoms with Crippen molar-refractivity contribution in [3.8, 4) is 33.8 Å². The van der Waals surface area contributed by atoms with Crippen LogP contribution < -0.4 is 20.1 Å². The van der Waals surface area contributed by atoms with Gasteiger partial charge in [0.05, 0.1) is 18.1 Å². The van der Waals surface area contributed by atoms with Gasteiger partial charge in [-0.1, -0.05) is 24.3 Å². The number of nitrogens with zero attached hydrogens (tertiary/aromatic N) is 6. The van der Waals surface area contributed by atoms with Crippen molar-refractivity contribution in [1.82, 2.24) is 30.3 Å². The molecule has 11 heteroatoms. The monoisotopic (exact) mass is 624 g/mol. The fourth-order valence-corrected chi connectivity index (χ4v) is 6.15. The van der Waals surface area contributed by atoms with Crippen molar-refractivity contribution in [2.75, 3.05) is 31.1 Å². The third kappa shape index (κ3) is 5.35. The second-order valence-electron chi connectivity index (χ2n) is 11.8. The zero-order valence-corrected chi connectivity index (χ0v) is 25.4. The maximum Gasteiger partial charge on any atom is 0.336 e. The molecule has 232 valence electrons. The zero-order chi connectivity index (χ0) is 31.9. The normalized spacial score (nSPS) is 14.1. The van der Waals surface area contributed by atoms with Crippen LogP contribution in [0.4, 0.5) is 5.69 Å². The number of carboxylic acids is 1. The van der Waals surface area contributed by atoms with E-state index in [0.717, 1.165) is 77.7 Å². The smallest absolute Gasteiger partial charge is 0.336 e. The van der Waals surface area contributed by atoms with Gasteiger partial charge in [-0.3, -0.25) is 4.79 Å². The molecule has 4 aromatic rings. The summed E-state index contributed by atoms with van der Waals surface area (Å²) >= 11 is 0. The number of benzene rings is 4. The summed E-state index contributed by atoms with van der Waals surface area (Å²) in [5.74, 6) is -0.311. The number of fused-ring (bicyclic) bond motifs is 2. The fraction of sp³-hybridized carbons (Fsp3) is 0.194. The van der Waals surface area contributed by atoms with E-state index in [1.807, 2.05) is 48.5 Å². The number of rotatable bonds is 7. The van der Waals surface area contributed by atoms with Gasteiger partial charge < -0.3 is 19.7 Å². The second kappa shape index (κ2) is 11.8. The zero-order valence-electron chi connectivity index (χ0n) is 25.4. The molecule has 8 rings (SSSR count). The van der Waals surface area contributed by atoms with Crippen molar-refractivity contribution in [3.05, 3.63) is 107 Å². The first-order chi connectivity index (χ1) is 23.0. The minimum atomic E-state index is -1.07. The molecule has 0 bridgehead atoms. The van der Waals surface area contributed by atoms with Crippen LogP contribution in [0.2, 0.25) is 0 Å². The molecule has 2 saturated heterocycles. The van der Waals surface area contributed by atoms with Crippen LogP contribution in [-0.4, -0.2) is 63.6 Å². The Kier molecular flexibility index (Phi) is 7.13. The summed E-state index contributed by atoms with van der Waals surface area (Å²) in [6, 6.07) is 24.4. The number of aromatic carboxylic acids is 1. The molecule has 2 fully saturated rings. The van der Waals surface area contributed by atoms with Gasteiger partial charge in [-0.25, -0.2) is 9.37 Å². The Morgan fingerprint density at radius 2 is 1.68 bits per heavy atom. The Morgan fingerprint density at radius 3 is 2.38 bits per heavy atom. The topological polar surface area (TPSA) is 137 Å². The molecule has 1 aromatic heterocycles. The SMILES string of the molecule is O=C(NCc1ccc(-c2nncnn2)cc1)c1ccc(C(=O)O)c(-c2c3ccc(=[N+]4CCC4)cc-3oc3cc(N4CCC4)ccc23)c1. The second-order valence-corrected chi connectivity index (χ2v) is 11.8. The van der Waals surface area contributed by atoms with Crippen LogP contribution in [0.15, 0.2) is 89.6 Å². The Hall–Kier alpha value is -5.97. The molecule has 1 amide bonds. The maximum atomic E-state index is 13.5. The van der Waals surface area contributed by atoms with Crippen LogP contribution in [0, 0.1) is 0 Å². The fourth-order valence-electron chi connectivity index (χ4n) is 6.15.